The van der Waals surface area contributed by atoms with Crippen molar-refractivity contribution in [2.24, 2.45) is 0 Å². The summed E-state index contributed by atoms with van der Waals surface area (Å²) in [5.74, 6) is -0.155. The van der Waals surface area contributed by atoms with E-state index in [1.807, 2.05) is 0 Å². The van der Waals surface area contributed by atoms with Gasteiger partial charge in [0, 0.05) is 10.4 Å². The second-order valence-corrected chi connectivity index (χ2v) is 6.65. The lowest BCUT2D eigenvalue weighted by atomic mass is 10.1. The molecule has 0 spiro atoms. The van der Waals surface area contributed by atoms with E-state index in [-0.39, 0.29) is 12.0 Å². The molecule has 2 aromatic heterocycles. The molecule has 2 heterocycles. The molecular weight excluding hydrogens is 382 g/mol. The van der Waals surface area contributed by atoms with Gasteiger partial charge in [0.05, 0.1) is 28.4 Å². The Bertz CT molecular complexity index is 1360. The van der Waals surface area contributed by atoms with Gasteiger partial charge in [-0.05, 0) is 31.2 Å². The Balaban J connectivity index is 1.68. The van der Waals surface area contributed by atoms with Gasteiger partial charge in [0.2, 0.25) is 5.91 Å². The molecule has 0 saturated carbocycles. The first-order valence-electron chi connectivity index (χ1n) is 8.39. The summed E-state index contributed by atoms with van der Waals surface area (Å²) in [5.41, 5.74) is 2.67. The van der Waals surface area contributed by atoms with Crippen LogP contribution in [0.25, 0.3) is 21.7 Å². The molecule has 0 saturated heterocycles. The van der Waals surface area contributed by atoms with Crippen LogP contribution in [0.2, 0.25) is 5.02 Å². The van der Waals surface area contributed by atoms with Gasteiger partial charge in [0.1, 0.15) is 5.82 Å². The fraction of sp³-hybridized carbons (Fsp3) is 0.105. The Morgan fingerprint density at radius 1 is 1.14 bits per heavy atom. The molecule has 4 aromatic rings. The summed E-state index contributed by atoms with van der Waals surface area (Å²) in [6, 6.07) is 11.6. The number of benzene rings is 2. The molecule has 2 N–H and O–H groups in total. The quantitative estimate of drug-likeness (QED) is 0.550. The summed E-state index contributed by atoms with van der Waals surface area (Å²) in [6.45, 7) is 1.61. The lowest BCUT2D eigenvalue weighted by Crippen LogP contribution is -2.36. The predicted molar refractivity (Wildman–Crippen MR) is 106 cm³/mol. The van der Waals surface area contributed by atoms with Gasteiger partial charge < -0.3 is 0 Å². The Kier molecular flexibility index (Phi) is 4.40. The zero-order valence-electron chi connectivity index (χ0n) is 14.7. The summed E-state index contributed by atoms with van der Waals surface area (Å²) < 4.78 is 1.09. The van der Waals surface area contributed by atoms with E-state index in [4.69, 9.17) is 11.6 Å². The van der Waals surface area contributed by atoms with Gasteiger partial charge in [-0.2, -0.15) is 5.10 Å². The van der Waals surface area contributed by atoms with E-state index in [9.17, 15) is 14.4 Å². The van der Waals surface area contributed by atoms with Crippen molar-refractivity contribution in [3.8, 4) is 0 Å². The number of amides is 1. The number of halogens is 1. The third-order valence-electron chi connectivity index (χ3n) is 4.34. The van der Waals surface area contributed by atoms with E-state index in [1.165, 1.54) is 0 Å². The first kappa shape index (κ1) is 17.9. The molecule has 0 atom stereocenters. The lowest BCUT2D eigenvalue weighted by Gasteiger charge is -2.12. The topological polar surface area (TPSA) is 110 Å². The molecular formula is C19H14ClN5O3. The zero-order valence-corrected chi connectivity index (χ0v) is 15.4. The van der Waals surface area contributed by atoms with Crippen molar-refractivity contribution in [2.75, 3.05) is 5.43 Å². The molecule has 0 radical (unpaired) electrons. The molecule has 8 nitrogen and oxygen atoms in total. The molecule has 1 amide bonds. The molecule has 140 valence electrons. The van der Waals surface area contributed by atoms with Crippen LogP contribution < -0.4 is 16.5 Å². The normalized spacial score (nSPS) is 11.1. The van der Waals surface area contributed by atoms with Crippen molar-refractivity contribution in [2.45, 2.75) is 13.3 Å². The lowest BCUT2D eigenvalue weighted by molar-refractivity contribution is -0.116. The highest BCUT2D eigenvalue weighted by Gasteiger charge is 2.14. The number of hydrogen-bond donors (Lipinski definition) is 2. The van der Waals surface area contributed by atoms with Crippen molar-refractivity contribution >= 4 is 39.2 Å². The molecule has 9 heteroatoms. The van der Waals surface area contributed by atoms with E-state index in [2.05, 4.69) is 20.6 Å². The van der Waals surface area contributed by atoms with Crippen LogP contribution in [0.5, 0.6) is 0 Å². The number of carbonyl (C=O) groups excluding carboxylic acids is 1. The summed E-state index contributed by atoms with van der Waals surface area (Å²) in [5, 5.41) is 8.19. The van der Waals surface area contributed by atoms with Crippen LogP contribution in [0.1, 0.15) is 11.5 Å². The number of rotatable bonds is 3. The van der Waals surface area contributed by atoms with Crippen LogP contribution in [0.4, 0.5) is 0 Å². The Morgan fingerprint density at radius 2 is 1.89 bits per heavy atom. The molecule has 0 aliphatic carbocycles. The summed E-state index contributed by atoms with van der Waals surface area (Å²) in [4.78, 5) is 41.4. The fourth-order valence-corrected chi connectivity index (χ4v) is 3.19. The Hall–Kier alpha value is -3.52. The van der Waals surface area contributed by atoms with Crippen LogP contribution >= 0.6 is 11.6 Å². The zero-order chi connectivity index (χ0) is 19.8. The van der Waals surface area contributed by atoms with Crippen LogP contribution in [0.15, 0.2) is 52.1 Å². The number of carbonyl (C=O) groups is 1. The fourth-order valence-electron chi connectivity index (χ4n) is 3.02. The third-order valence-corrected chi connectivity index (χ3v) is 4.57. The molecule has 0 bridgehead atoms. The summed E-state index contributed by atoms with van der Waals surface area (Å²) >= 11 is 5.95. The second-order valence-electron chi connectivity index (χ2n) is 6.22. The van der Waals surface area contributed by atoms with Crippen molar-refractivity contribution in [3.63, 3.8) is 0 Å². The second kappa shape index (κ2) is 6.90. The number of fused-ring (bicyclic) bond motifs is 2. The average Bonchev–Trinajstić information content (AvgIpc) is 2.67. The maximum absolute atomic E-state index is 12.7. The highest BCUT2D eigenvalue weighted by atomic mass is 35.5. The molecule has 0 fully saturated rings. The van der Waals surface area contributed by atoms with E-state index in [0.29, 0.717) is 38.2 Å². The first-order chi connectivity index (χ1) is 13.4. The third kappa shape index (κ3) is 3.14. The molecule has 4 rings (SSSR count). The molecule has 0 aliphatic heterocycles. The number of nitrogens with one attached hydrogen (secondary N) is 2. The van der Waals surface area contributed by atoms with Crippen LogP contribution in [0.3, 0.4) is 0 Å². The van der Waals surface area contributed by atoms with Gasteiger partial charge in [0.15, 0.2) is 0 Å². The maximum atomic E-state index is 12.7. The Morgan fingerprint density at radius 3 is 2.68 bits per heavy atom. The molecule has 2 aromatic carbocycles. The molecule has 28 heavy (non-hydrogen) atoms. The smallest absolute Gasteiger partial charge is 0.273 e. The largest absolute Gasteiger partial charge is 0.280 e. The van der Waals surface area contributed by atoms with Gasteiger partial charge in [-0.3, -0.25) is 19.8 Å². The monoisotopic (exact) mass is 395 g/mol. The van der Waals surface area contributed by atoms with Crippen molar-refractivity contribution in [1.82, 2.24) is 19.9 Å². The van der Waals surface area contributed by atoms with Gasteiger partial charge in [-0.25, -0.2) is 14.8 Å². The van der Waals surface area contributed by atoms with E-state index < -0.39 is 11.5 Å². The average molecular weight is 396 g/mol. The van der Waals surface area contributed by atoms with Crippen molar-refractivity contribution in [1.29, 1.82) is 0 Å². The standard InChI is InChI=1S/C19H14ClN5O3/c1-10-21-15-8-11(20)6-7-14(15)19(28)25(10)24-17(26)9-16-12-4-2-3-5-13(12)18(27)23-22-16/h2-8H,9H2,1H3,(H,23,27)(H,24,26). The van der Waals surface area contributed by atoms with Crippen LogP contribution in [-0.4, -0.2) is 25.8 Å². The SMILES string of the molecule is Cc1nc2cc(Cl)ccc2c(=O)n1NC(=O)Cc1n[nH]c(=O)c2ccccc12. The predicted octanol–water partition coefficient (Wildman–Crippen LogP) is 1.91. The first-order valence-corrected chi connectivity index (χ1v) is 8.77. The maximum Gasteiger partial charge on any atom is 0.280 e. The van der Waals surface area contributed by atoms with Crippen molar-refractivity contribution < 1.29 is 4.79 Å². The number of aryl methyl sites for hydroxylation is 1. The van der Waals surface area contributed by atoms with E-state index in [0.717, 1.165) is 4.68 Å². The number of H-pyrrole nitrogens is 1. The highest BCUT2D eigenvalue weighted by Crippen LogP contribution is 2.15. The van der Waals surface area contributed by atoms with Gasteiger partial charge in [-0.1, -0.05) is 29.8 Å². The van der Waals surface area contributed by atoms with Gasteiger partial charge in [-0.15, -0.1) is 0 Å². The minimum Gasteiger partial charge on any atom is -0.273 e. The number of aromatic nitrogens is 4. The number of aromatic amines is 1. The van der Waals surface area contributed by atoms with E-state index >= 15 is 0 Å². The minimum absolute atomic E-state index is 0.123. The van der Waals surface area contributed by atoms with Gasteiger partial charge >= 0.3 is 0 Å². The van der Waals surface area contributed by atoms with Crippen molar-refractivity contribution in [3.05, 3.63) is 79.7 Å². The Labute approximate surface area is 162 Å². The molecule has 0 aliphatic rings. The van der Waals surface area contributed by atoms with Gasteiger partial charge in [0.25, 0.3) is 11.1 Å². The summed E-state index contributed by atoms with van der Waals surface area (Å²) in [6.07, 6.45) is -0.123. The number of nitrogens with zero attached hydrogens (tertiary/aromatic N) is 3. The highest BCUT2D eigenvalue weighted by molar-refractivity contribution is 6.31. The minimum atomic E-state index is -0.468. The van der Waals surface area contributed by atoms with Crippen LogP contribution in [-0.2, 0) is 11.2 Å². The van der Waals surface area contributed by atoms with E-state index in [1.54, 1.807) is 49.4 Å². The molecule has 0 unspecified atom stereocenters. The number of hydrogen-bond acceptors (Lipinski definition) is 5. The summed E-state index contributed by atoms with van der Waals surface area (Å²) in [7, 11) is 0. The van der Waals surface area contributed by atoms with Crippen LogP contribution in [0, 0.1) is 6.92 Å².